The Bertz CT molecular complexity index is 350. The van der Waals surface area contributed by atoms with Crippen molar-refractivity contribution in [1.29, 1.82) is 0 Å². The molecule has 88 valence electrons. The molecule has 1 fully saturated rings. The first-order valence-electron chi connectivity index (χ1n) is 5.47. The maximum Gasteiger partial charge on any atom is 0.130 e. The van der Waals surface area contributed by atoms with Gasteiger partial charge in [-0.2, -0.15) is 0 Å². The van der Waals surface area contributed by atoms with E-state index >= 15 is 0 Å². The first kappa shape index (κ1) is 11.5. The van der Waals surface area contributed by atoms with E-state index in [9.17, 15) is 8.78 Å². The average molecular weight is 227 g/mol. The zero-order valence-corrected chi connectivity index (χ0v) is 9.00. The summed E-state index contributed by atoms with van der Waals surface area (Å²) in [4.78, 5) is 1.97. The molecule has 4 heteroatoms. The zero-order chi connectivity index (χ0) is 11.5. The van der Waals surface area contributed by atoms with Crippen molar-refractivity contribution >= 4 is 0 Å². The van der Waals surface area contributed by atoms with Crippen LogP contribution >= 0.6 is 0 Å². The van der Waals surface area contributed by atoms with Crippen LogP contribution in [0, 0.1) is 17.6 Å². The largest absolute Gasteiger partial charge is 0.396 e. The van der Waals surface area contributed by atoms with Crippen molar-refractivity contribution in [2.24, 2.45) is 5.92 Å². The molecular formula is C12H15F2NO. The third-order valence-corrected chi connectivity index (χ3v) is 3.07. The number of aliphatic hydroxyl groups is 1. The molecule has 1 aliphatic heterocycles. The number of halogens is 2. The Hall–Kier alpha value is -1.00. The molecule has 0 amide bonds. The second-order valence-corrected chi connectivity index (χ2v) is 4.27. The molecule has 0 saturated carbocycles. The lowest BCUT2D eigenvalue weighted by Crippen LogP contribution is -2.22. The van der Waals surface area contributed by atoms with Gasteiger partial charge in [0, 0.05) is 25.3 Å². The van der Waals surface area contributed by atoms with E-state index in [4.69, 9.17) is 5.11 Å². The maximum absolute atomic E-state index is 13.4. The van der Waals surface area contributed by atoms with Gasteiger partial charge < -0.3 is 5.11 Å². The van der Waals surface area contributed by atoms with Crippen LogP contribution in [0.4, 0.5) is 8.78 Å². The third kappa shape index (κ3) is 2.39. The Morgan fingerprint density at radius 1 is 1.31 bits per heavy atom. The van der Waals surface area contributed by atoms with E-state index in [1.54, 1.807) is 0 Å². The molecule has 0 bridgehead atoms. The lowest BCUT2D eigenvalue weighted by Gasteiger charge is -2.16. The van der Waals surface area contributed by atoms with Gasteiger partial charge in [-0.25, -0.2) is 8.78 Å². The van der Waals surface area contributed by atoms with E-state index in [-0.39, 0.29) is 24.6 Å². The van der Waals surface area contributed by atoms with E-state index in [2.05, 4.69) is 0 Å². The monoisotopic (exact) mass is 227 g/mol. The second kappa shape index (κ2) is 4.89. The molecule has 1 atom stereocenters. The van der Waals surface area contributed by atoms with E-state index in [1.165, 1.54) is 18.2 Å². The molecule has 0 radical (unpaired) electrons. The highest BCUT2D eigenvalue weighted by atomic mass is 19.1. The maximum atomic E-state index is 13.4. The molecule has 0 spiro atoms. The van der Waals surface area contributed by atoms with Crippen LogP contribution in [-0.4, -0.2) is 29.7 Å². The predicted octanol–water partition coefficient (Wildman–Crippen LogP) is 1.78. The summed E-state index contributed by atoms with van der Waals surface area (Å²) in [5.41, 5.74) is 0.126. The van der Waals surface area contributed by atoms with Crippen molar-refractivity contribution in [3.63, 3.8) is 0 Å². The molecule has 1 aromatic carbocycles. The van der Waals surface area contributed by atoms with Gasteiger partial charge in [-0.3, -0.25) is 4.90 Å². The molecule has 16 heavy (non-hydrogen) atoms. The van der Waals surface area contributed by atoms with E-state index in [0.717, 1.165) is 13.0 Å². The third-order valence-electron chi connectivity index (χ3n) is 3.07. The van der Waals surface area contributed by atoms with Gasteiger partial charge in [-0.15, -0.1) is 0 Å². The predicted molar refractivity (Wildman–Crippen MR) is 56.8 cm³/mol. The summed E-state index contributed by atoms with van der Waals surface area (Å²) in [6.45, 7) is 1.94. The van der Waals surface area contributed by atoms with Gasteiger partial charge in [0.15, 0.2) is 0 Å². The van der Waals surface area contributed by atoms with E-state index in [1.807, 2.05) is 4.90 Å². The molecule has 2 nitrogen and oxygen atoms in total. The van der Waals surface area contributed by atoms with Crippen LogP contribution in [0.3, 0.4) is 0 Å². The smallest absolute Gasteiger partial charge is 0.130 e. The Kier molecular flexibility index (Phi) is 3.51. The Morgan fingerprint density at radius 2 is 2.00 bits per heavy atom. The topological polar surface area (TPSA) is 23.5 Å². The van der Waals surface area contributed by atoms with Gasteiger partial charge in [0.25, 0.3) is 0 Å². The Labute approximate surface area is 93.5 Å². The van der Waals surface area contributed by atoms with Gasteiger partial charge in [-0.05, 0) is 31.0 Å². The van der Waals surface area contributed by atoms with Crippen molar-refractivity contribution in [1.82, 2.24) is 4.90 Å². The summed E-state index contributed by atoms with van der Waals surface area (Å²) in [5, 5.41) is 8.98. The van der Waals surface area contributed by atoms with Crippen LogP contribution < -0.4 is 0 Å². The highest BCUT2D eigenvalue weighted by Gasteiger charge is 2.23. The zero-order valence-electron chi connectivity index (χ0n) is 9.00. The first-order chi connectivity index (χ1) is 7.70. The summed E-state index contributed by atoms with van der Waals surface area (Å²) < 4.78 is 26.7. The summed E-state index contributed by atoms with van der Waals surface area (Å²) in [6.07, 6.45) is 0.895. The first-order valence-corrected chi connectivity index (χ1v) is 5.47. The quantitative estimate of drug-likeness (QED) is 0.850. The number of rotatable bonds is 3. The molecule has 1 aliphatic rings. The highest BCUT2D eigenvalue weighted by Crippen LogP contribution is 2.20. The normalized spacial score (nSPS) is 21.6. The molecule has 1 heterocycles. The number of likely N-dealkylation sites (tertiary alicyclic amines) is 1. The van der Waals surface area contributed by atoms with E-state index < -0.39 is 11.6 Å². The number of hydrogen-bond donors (Lipinski definition) is 1. The fourth-order valence-electron chi connectivity index (χ4n) is 2.11. The fraction of sp³-hybridized carbons (Fsp3) is 0.500. The minimum atomic E-state index is -0.493. The number of nitrogens with zero attached hydrogens (tertiary/aromatic N) is 1. The average Bonchev–Trinajstić information content (AvgIpc) is 2.71. The Balaban J connectivity index is 2.04. The Morgan fingerprint density at radius 3 is 2.56 bits per heavy atom. The second-order valence-electron chi connectivity index (χ2n) is 4.27. The molecule has 0 aliphatic carbocycles. The molecule has 1 N–H and O–H groups in total. The van der Waals surface area contributed by atoms with Gasteiger partial charge in [0.2, 0.25) is 0 Å². The summed E-state index contributed by atoms with van der Waals surface area (Å²) >= 11 is 0. The molecule has 1 saturated heterocycles. The number of aliphatic hydroxyl groups excluding tert-OH is 1. The minimum absolute atomic E-state index is 0.126. The van der Waals surface area contributed by atoms with Crippen LogP contribution in [0.5, 0.6) is 0 Å². The van der Waals surface area contributed by atoms with Gasteiger partial charge in [0.05, 0.1) is 0 Å². The molecule has 1 aromatic rings. The van der Waals surface area contributed by atoms with Crippen molar-refractivity contribution < 1.29 is 13.9 Å². The molecule has 0 aromatic heterocycles. The van der Waals surface area contributed by atoms with Crippen molar-refractivity contribution in [3.8, 4) is 0 Å². The van der Waals surface area contributed by atoms with Crippen LogP contribution in [0.15, 0.2) is 18.2 Å². The summed E-state index contributed by atoms with van der Waals surface area (Å²) in [5.74, 6) is -0.741. The highest BCUT2D eigenvalue weighted by molar-refractivity contribution is 5.19. The van der Waals surface area contributed by atoms with Crippen LogP contribution in [-0.2, 0) is 6.54 Å². The summed E-state index contributed by atoms with van der Waals surface area (Å²) in [7, 11) is 0. The van der Waals surface area contributed by atoms with Crippen molar-refractivity contribution in [3.05, 3.63) is 35.4 Å². The summed E-state index contributed by atoms with van der Waals surface area (Å²) in [6, 6.07) is 3.92. The minimum Gasteiger partial charge on any atom is -0.396 e. The van der Waals surface area contributed by atoms with Gasteiger partial charge in [-0.1, -0.05) is 6.07 Å². The lowest BCUT2D eigenvalue weighted by atomic mass is 10.1. The lowest BCUT2D eigenvalue weighted by molar-refractivity contribution is 0.219. The van der Waals surface area contributed by atoms with Crippen LogP contribution in [0.2, 0.25) is 0 Å². The number of hydrogen-bond acceptors (Lipinski definition) is 2. The van der Waals surface area contributed by atoms with Gasteiger partial charge >= 0.3 is 0 Å². The fourth-order valence-corrected chi connectivity index (χ4v) is 2.11. The van der Waals surface area contributed by atoms with Crippen LogP contribution in [0.1, 0.15) is 12.0 Å². The van der Waals surface area contributed by atoms with Crippen molar-refractivity contribution in [2.45, 2.75) is 13.0 Å². The van der Waals surface area contributed by atoms with Crippen LogP contribution in [0.25, 0.3) is 0 Å². The number of benzene rings is 1. The van der Waals surface area contributed by atoms with Gasteiger partial charge in [0.1, 0.15) is 11.6 Å². The molecular weight excluding hydrogens is 212 g/mol. The van der Waals surface area contributed by atoms with E-state index in [0.29, 0.717) is 6.54 Å². The SMILES string of the molecule is OC[C@H]1CCN(Cc2c(F)cccc2F)C1. The molecule has 0 unspecified atom stereocenters. The molecule has 2 rings (SSSR count). The van der Waals surface area contributed by atoms with Crippen molar-refractivity contribution in [2.75, 3.05) is 19.7 Å². The standard InChI is InChI=1S/C12H15F2NO/c13-11-2-1-3-12(14)10(11)7-15-5-4-9(6-15)8-16/h1-3,9,16H,4-8H2/t9-/m0/s1.